The second-order valence-corrected chi connectivity index (χ2v) is 8.32. The first-order valence-corrected chi connectivity index (χ1v) is 10.6. The molecule has 2 saturated heterocycles. The van der Waals surface area contributed by atoms with Crippen LogP contribution >= 0.6 is 23.2 Å². The first-order valence-electron chi connectivity index (χ1n) is 9.85. The van der Waals surface area contributed by atoms with Crippen LogP contribution in [-0.4, -0.2) is 79.1 Å². The van der Waals surface area contributed by atoms with Crippen LogP contribution in [0.5, 0.6) is 5.75 Å². The van der Waals surface area contributed by atoms with Gasteiger partial charge in [-0.1, -0.05) is 23.2 Å². The summed E-state index contributed by atoms with van der Waals surface area (Å²) in [6.07, 6.45) is 3.52. The Bertz CT molecular complexity index is 636. The Morgan fingerprint density at radius 1 is 1.11 bits per heavy atom. The molecule has 0 N–H and O–H groups in total. The monoisotopic (exact) mass is 413 g/mol. The van der Waals surface area contributed by atoms with Crippen LogP contribution in [0.4, 0.5) is 0 Å². The molecule has 2 fully saturated rings. The zero-order valence-corrected chi connectivity index (χ0v) is 17.5. The van der Waals surface area contributed by atoms with Crippen LogP contribution in [0.3, 0.4) is 0 Å². The first kappa shape index (κ1) is 20.7. The fourth-order valence-electron chi connectivity index (χ4n) is 3.79. The lowest BCUT2D eigenvalue weighted by molar-refractivity contribution is -0.136. The van der Waals surface area contributed by atoms with Gasteiger partial charge < -0.3 is 9.64 Å². The molecule has 1 aromatic carbocycles. The number of piperazine rings is 1. The van der Waals surface area contributed by atoms with Gasteiger partial charge in [0.2, 0.25) is 5.91 Å². The topological polar surface area (TPSA) is 36.0 Å². The van der Waals surface area contributed by atoms with Gasteiger partial charge >= 0.3 is 0 Å². The van der Waals surface area contributed by atoms with Crippen molar-refractivity contribution in [3.8, 4) is 5.75 Å². The van der Waals surface area contributed by atoms with Crippen LogP contribution in [-0.2, 0) is 4.79 Å². The van der Waals surface area contributed by atoms with E-state index in [-0.39, 0.29) is 5.91 Å². The number of piperidine rings is 1. The lowest BCUT2D eigenvalue weighted by Crippen LogP contribution is -2.52. The molecule has 150 valence electrons. The Morgan fingerprint density at radius 3 is 2.59 bits per heavy atom. The van der Waals surface area contributed by atoms with Crippen molar-refractivity contribution in [3.63, 3.8) is 0 Å². The zero-order valence-electron chi connectivity index (χ0n) is 16.0. The summed E-state index contributed by atoms with van der Waals surface area (Å²) in [6.45, 7) is 8.80. The van der Waals surface area contributed by atoms with Crippen molar-refractivity contribution in [2.24, 2.45) is 0 Å². The second-order valence-electron chi connectivity index (χ2n) is 7.47. The normalized spacial score (nSPS) is 22.0. The summed E-state index contributed by atoms with van der Waals surface area (Å²) in [5.41, 5.74) is 0. The maximum Gasteiger partial charge on any atom is 0.236 e. The highest BCUT2D eigenvalue weighted by Crippen LogP contribution is 2.27. The van der Waals surface area contributed by atoms with Crippen LogP contribution in [0.25, 0.3) is 0 Å². The van der Waals surface area contributed by atoms with Gasteiger partial charge in [-0.3, -0.25) is 14.6 Å². The molecule has 0 aromatic heterocycles. The number of rotatable bonds is 6. The Hall–Kier alpha value is -1.01. The Labute approximate surface area is 172 Å². The molecule has 0 aliphatic carbocycles. The number of carbonyl (C=O) groups excluding carboxylic acids is 1. The van der Waals surface area contributed by atoms with Crippen LogP contribution in [0.15, 0.2) is 18.2 Å². The number of amides is 1. The number of halogens is 2. The molecule has 1 amide bonds. The highest BCUT2D eigenvalue weighted by molar-refractivity contribution is 6.34. The number of ether oxygens (including phenoxy) is 1. The van der Waals surface area contributed by atoms with E-state index in [2.05, 4.69) is 21.6 Å². The molecule has 27 heavy (non-hydrogen) atoms. The zero-order chi connectivity index (χ0) is 19.2. The van der Waals surface area contributed by atoms with E-state index in [1.807, 2.05) is 0 Å². The summed E-state index contributed by atoms with van der Waals surface area (Å²) in [6, 6.07) is 5.64. The summed E-state index contributed by atoms with van der Waals surface area (Å²) in [7, 11) is 0. The predicted molar refractivity (Wildman–Crippen MR) is 110 cm³/mol. The summed E-state index contributed by atoms with van der Waals surface area (Å²) >= 11 is 12.1. The van der Waals surface area contributed by atoms with E-state index >= 15 is 0 Å². The maximum absolute atomic E-state index is 12.6. The summed E-state index contributed by atoms with van der Waals surface area (Å²) in [5.74, 6) is 0.915. The van der Waals surface area contributed by atoms with Crippen molar-refractivity contribution in [1.29, 1.82) is 0 Å². The van der Waals surface area contributed by atoms with E-state index in [1.54, 1.807) is 18.2 Å². The van der Waals surface area contributed by atoms with Crippen LogP contribution in [0.1, 0.15) is 26.2 Å². The summed E-state index contributed by atoms with van der Waals surface area (Å²) < 4.78 is 5.77. The molecule has 0 spiro atoms. The minimum absolute atomic E-state index is 0.287. The molecule has 7 heteroatoms. The fourth-order valence-corrected chi connectivity index (χ4v) is 4.13. The number of hydrogen-bond acceptors (Lipinski definition) is 4. The smallest absolute Gasteiger partial charge is 0.236 e. The molecule has 5 nitrogen and oxygen atoms in total. The van der Waals surface area contributed by atoms with E-state index in [9.17, 15) is 4.79 Å². The Balaban J connectivity index is 1.36. The Kier molecular flexibility index (Phi) is 7.65. The standard InChI is InChI=1S/C20H29Cl2N3O2/c1-16-4-2-3-7-25(16)20(26)15-24-10-8-23(9-11-24)12-13-27-19-14-17(21)5-6-18(19)22/h5-6,14,16H,2-4,7-13,15H2,1H3. The average molecular weight is 414 g/mol. The van der Waals surface area contributed by atoms with Gasteiger partial charge in [-0.05, 0) is 38.3 Å². The first-order chi connectivity index (χ1) is 13.0. The lowest BCUT2D eigenvalue weighted by Gasteiger charge is -2.38. The van der Waals surface area contributed by atoms with E-state index in [0.717, 1.165) is 52.1 Å². The molecule has 2 heterocycles. The fraction of sp³-hybridized carbons (Fsp3) is 0.650. The minimum atomic E-state index is 0.287. The molecule has 1 unspecified atom stereocenters. The quantitative estimate of drug-likeness (QED) is 0.715. The number of carbonyl (C=O) groups is 1. The predicted octanol–water partition coefficient (Wildman–Crippen LogP) is 3.39. The highest BCUT2D eigenvalue weighted by atomic mass is 35.5. The number of nitrogens with zero attached hydrogens (tertiary/aromatic N) is 3. The highest BCUT2D eigenvalue weighted by Gasteiger charge is 2.26. The van der Waals surface area contributed by atoms with Crippen LogP contribution < -0.4 is 4.74 Å². The van der Waals surface area contributed by atoms with Gasteiger partial charge in [0.05, 0.1) is 11.6 Å². The molecular weight excluding hydrogens is 385 g/mol. The van der Waals surface area contributed by atoms with E-state index < -0.39 is 0 Å². The van der Waals surface area contributed by atoms with E-state index in [1.165, 1.54) is 6.42 Å². The van der Waals surface area contributed by atoms with Gasteiger partial charge in [0, 0.05) is 56.4 Å². The lowest BCUT2D eigenvalue weighted by atomic mass is 10.0. The van der Waals surface area contributed by atoms with Gasteiger partial charge in [-0.2, -0.15) is 0 Å². The van der Waals surface area contributed by atoms with E-state index in [0.29, 0.717) is 35.0 Å². The largest absolute Gasteiger partial charge is 0.491 e. The number of likely N-dealkylation sites (tertiary alicyclic amines) is 1. The third-order valence-electron chi connectivity index (χ3n) is 5.51. The van der Waals surface area contributed by atoms with Crippen molar-refractivity contribution >= 4 is 29.1 Å². The van der Waals surface area contributed by atoms with Crippen LogP contribution in [0.2, 0.25) is 10.0 Å². The molecule has 3 rings (SSSR count). The molecule has 1 aromatic rings. The molecule has 0 saturated carbocycles. The molecule has 2 aliphatic heterocycles. The van der Waals surface area contributed by atoms with Crippen molar-refractivity contribution < 1.29 is 9.53 Å². The third kappa shape index (κ3) is 5.98. The van der Waals surface area contributed by atoms with Gasteiger partial charge in [0.25, 0.3) is 0 Å². The molecule has 0 radical (unpaired) electrons. The number of benzene rings is 1. The van der Waals surface area contributed by atoms with Crippen molar-refractivity contribution in [2.45, 2.75) is 32.2 Å². The van der Waals surface area contributed by atoms with E-state index in [4.69, 9.17) is 27.9 Å². The molecular formula is C20H29Cl2N3O2. The summed E-state index contributed by atoms with van der Waals surface area (Å²) in [4.78, 5) is 19.3. The van der Waals surface area contributed by atoms with Crippen LogP contribution in [0, 0.1) is 0 Å². The van der Waals surface area contributed by atoms with Crippen molar-refractivity contribution in [1.82, 2.24) is 14.7 Å². The van der Waals surface area contributed by atoms with Gasteiger partial charge in [-0.15, -0.1) is 0 Å². The average Bonchev–Trinajstić information content (AvgIpc) is 2.66. The third-order valence-corrected chi connectivity index (χ3v) is 6.05. The van der Waals surface area contributed by atoms with Crippen molar-refractivity contribution in [2.75, 3.05) is 52.4 Å². The van der Waals surface area contributed by atoms with Crippen molar-refractivity contribution in [3.05, 3.63) is 28.2 Å². The molecule has 2 aliphatic rings. The molecule has 1 atom stereocenters. The van der Waals surface area contributed by atoms with Gasteiger partial charge in [0.15, 0.2) is 0 Å². The second kappa shape index (κ2) is 9.97. The minimum Gasteiger partial charge on any atom is -0.491 e. The maximum atomic E-state index is 12.6. The Morgan fingerprint density at radius 2 is 1.85 bits per heavy atom. The van der Waals surface area contributed by atoms with Gasteiger partial charge in [-0.25, -0.2) is 0 Å². The molecule has 0 bridgehead atoms. The SMILES string of the molecule is CC1CCCCN1C(=O)CN1CCN(CCOc2cc(Cl)ccc2Cl)CC1. The number of hydrogen-bond donors (Lipinski definition) is 0. The summed E-state index contributed by atoms with van der Waals surface area (Å²) in [5, 5.41) is 1.20. The van der Waals surface area contributed by atoms with Gasteiger partial charge in [0.1, 0.15) is 12.4 Å².